The molecule has 0 radical (unpaired) electrons. The molecule has 1 aromatic carbocycles. The molecule has 1 heterocycles. The summed E-state index contributed by atoms with van der Waals surface area (Å²) in [5.41, 5.74) is 1.94. The number of aryl methyl sites for hydroxylation is 1. The van der Waals surface area contributed by atoms with Crippen LogP contribution in [-0.2, 0) is 11.2 Å². The lowest BCUT2D eigenvalue weighted by Gasteiger charge is -2.12. The Balaban J connectivity index is 1.89. The van der Waals surface area contributed by atoms with Crippen LogP contribution in [0.15, 0.2) is 30.5 Å². The number of carbonyl (C=O) groups excluding carboxylic acids is 1. The third kappa shape index (κ3) is 4.34. The lowest BCUT2D eigenvalue weighted by atomic mass is 10.1. The lowest BCUT2D eigenvalue weighted by molar-refractivity contribution is -0.121. The molecule has 0 bridgehead atoms. The second-order valence-electron chi connectivity index (χ2n) is 4.99. The predicted octanol–water partition coefficient (Wildman–Crippen LogP) is 2.54. The highest BCUT2D eigenvalue weighted by Gasteiger charge is 2.12. The van der Waals surface area contributed by atoms with Gasteiger partial charge in [0.2, 0.25) is 5.91 Å². The zero-order valence-electron chi connectivity index (χ0n) is 12.6. The summed E-state index contributed by atoms with van der Waals surface area (Å²) in [4.78, 5) is 19.4. The Labute approximate surface area is 124 Å². The molecule has 0 aliphatic carbocycles. The fourth-order valence-corrected chi connectivity index (χ4v) is 2.07. The summed E-state index contributed by atoms with van der Waals surface area (Å²) in [7, 11) is 0. The summed E-state index contributed by atoms with van der Waals surface area (Å²) in [6.45, 7) is 6.43. The van der Waals surface area contributed by atoms with Crippen LogP contribution in [0.25, 0.3) is 0 Å². The van der Waals surface area contributed by atoms with Crippen molar-refractivity contribution in [3.8, 4) is 5.75 Å². The Morgan fingerprint density at radius 3 is 2.67 bits per heavy atom. The number of rotatable bonds is 6. The van der Waals surface area contributed by atoms with Crippen LogP contribution in [-0.4, -0.2) is 22.5 Å². The first-order valence-electron chi connectivity index (χ1n) is 7.11. The van der Waals surface area contributed by atoms with E-state index in [1.807, 2.05) is 45.0 Å². The van der Waals surface area contributed by atoms with Crippen molar-refractivity contribution in [3.05, 3.63) is 47.5 Å². The van der Waals surface area contributed by atoms with Crippen LogP contribution in [0.2, 0.25) is 0 Å². The minimum atomic E-state index is -0.131. The SMILES string of the molecule is CCOc1ccc(CC(=O)N[C@H](C)c2ncc(C)[nH]2)cc1. The Bertz CT molecular complexity index is 590. The van der Waals surface area contributed by atoms with Gasteiger partial charge in [-0.3, -0.25) is 4.79 Å². The van der Waals surface area contributed by atoms with E-state index in [4.69, 9.17) is 4.74 Å². The number of ether oxygens (including phenoxy) is 1. The van der Waals surface area contributed by atoms with E-state index in [0.29, 0.717) is 13.0 Å². The second-order valence-corrected chi connectivity index (χ2v) is 4.99. The largest absolute Gasteiger partial charge is 0.494 e. The molecule has 0 spiro atoms. The fourth-order valence-electron chi connectivity index (χ4n) is 2.07. The standard InChI is InChI=1S/C16H21N3O2/c1-4-21-14-7-5-13(6-8-14)9-15(20)19-12(3)16-17-10-11(2)18-16/h5-8,10,12H,4,9H2,1-3H3,(H,17,18)(H,19,20)/t12-/m1/s1. The third-order valence-electron chi connectivity index (χ3n) is 3.11. The molecule has 1 aromatic heterocycles. The fraction of sp³-hybridized carbons (Fsp3) is 0.375. The van der Waals surface area contributed by atoms with Crippen LogP contribution in [0.5, 0.6) is 5.75 Å². The number of H-pyrrole nitrogens is 1. The van der Waals surface area contributed by atoms with Gasteiger partial charge >= 0.3 is 0 Å². The number of hydrogen-bond donors (Lipinski definition) is 2. The van der Waals surface area contributed by atoms with Crippen molar-refractivity contribution in [1.29, 1.82) is 0 Å². The Morgan fingerprint density at radius 1 is 1.38 bits per heavy atom. The summed E-state index contributed by atoms with van der Waals surface area (Å²) >= 11 is 0. The molecule has 0 fully saturated rings. The first-order valence-corrected chi connectivity index (χ1v) is 7.11. The van der Waals surface area contributed by atoms with Gasteiger partial charge in [0, 0.05) is 11.9 Å². The van der Waals surface area contributed by atoms with E-state index in [2.05, 4.69) is 15.3 Å². The molecule has 21 heavy (non-hydrogen) atoms. The molecule has 5 nitrogen and oxygen atoms in total. The van der Waals surface area contributed by atoms with Crippen molar-refractivity contribution in [2.24, 2.45) is 0 Å². The molecule has 1 amide bonds. The van der Waals surface area contributed by atoms with Crippen molar-refractivity contribution >= 4 is 5.91 Å². The molecular formula is C16H21N3O2. The van der Waals surface area contributed by atoms with Gasteiger partial charge in [0.15, 0.2) is 0 Å². The van der Waals surface area contributed by atoms with Gasteiger partial charge in [-0.05, 0) is 38.5 Å². The van der Waals surface area contributed by atoms with Crippen molar-refractivity contribution in [2.45, 2.75) is 33.2 Å². The number of hydrogen-bond acceptors (Lipinski definition) is 3. The number of benzene rings is 1. The van der Waals surface area contributed by atoms with E-state index in [-0.39, 0.29) is 11.9 Å². The average molecular weight is 287 g/mol. The number of aromatic amines is 1. The highest BCUT2D eigenvalue weighted by Crippen LogP contribution is 2.13. The number of amides is 1. The summed E-state index contributed by atoms with van der Waals surface area (Å²) in [6.07, 6.45) is 2.10. The first-order chi connectivity index (χ1) is 10.1. The van der Waals surface area contributed by atoms with Gasteiger partial charge in [-0.15, -0.1) is 0 Å². The number of carbonyl (C=O) groups is 1. The minimum absolute atomic E-state index is 0.0271. The van der Waals surface area contributed by atoms with Crippen LogP contribution >= 0.6 is 0 Å². The lowest BCUT2D eigenvalue weighted by Crippen LogP contribution is -2.28. The van der Waals surface area contributed by atoms with E-state index >= 15 is 0 Å². The number of aromatic nitrogens is 2. The van der Waals surface area contributed by atoms with Gasteiger partial charge in [-0.25, -0.2) is 4.98 Å². The van der Waals surface area contributed by atoms with E-state index in [9.17, 15) is 4.79 Å². The Morgan fingerprint density at radius 2 is 2.10 bits per heavy atom. The molecule has 5 heteroatoms. The van der Waals surface area contributed by atoms with E-state index in [0.717, 1.165) is 22.8 Å². The molecule has 0 saturated heterocycles. The molecule has 0 saturated carbocycles. The van der Waals surface area contributed by atoms with Gasteiger partial charge < -0.3 is 15.0 Å². The highest BCUT2D eigenvalue weighted by molar-refractivity contribution is 5.78. The van der Waals surface area contributed by atoms with Gasteiger partial charge in [-0.2, -0.15) is 0 Å². The minimum Gasteiger partial charge on any atom is -0.494 e. The van der Waals surface area contributed by atoms with Crippen LogP contribution in [0.3, 0.4) is 0 Å². The maximum Gasteiger partial charge on any atom is 0.224 e. The topological polar surface area (TPSA) is 67.0 Å². The van der Waals surface area contributed by atoms with Gasteiger partial charge in [-0.1, -0.05) is 12.1 Å². The Hall–Kier alpha value is -2.30. The normalized spacial score (nSPS) is 12.0. The van der Waals surface area contributed by atoms with E-state index in [1.165, 1.54) is 0 Å². The zero-order valence-corrected chi connectivity index (χ0v) is 12.6. The molecule has 0 unspecified atom stereocenters. The zero-order chi connectivity index (χ0) is 15.2. The predicted molar refractivity (Wildman–Crippen MR) is 81.2 cm³/mol. The smallest absolute Gasteiger partial charge is 0.224 e. The Kier molecular flexibility index (Phi) is 4.98. The van der Waals surface area contributed by atoms with Crippen LogP contribution in [0.1, 0.15) is 37.0 Å². The van der Waals surface area contributed by atoms with Crippen molar-refractivity contribution in [3.63, 3.8) is 0 Å². The first kappa shape index (κ1) is 15.1. The molecule has 112 valence electrons. The molecule has 0 aliphatic rings. The van der Waals surface area contributed by atoms with Gasteiger partial charge in [0.05, 0.1) is 19.1 Å². The summed E-state index contributed by atoms with van der Waals surface area (Å²) < 4.78 is 5.38. The van der Waals surface area contributed by atoms with Crippen molar-refractivity contribution in [2.75, 3.05) is 6.61 Å². The summed E-state index contributed by atoms with van der Waals surface area (Å²) in [5.74, 6) is 1.56. The molecular weight excluding hydrogens is 266 g/mol. The summed E-state index contributed by atoms with van der Waals surface area (Å²) in [6, 6.07) is 7.45. The highest BCUT2D eigenvalue weighted by atomic mass is 16.5. The van der Waals surface area contributed by atoms with E-state index < -0.39 is 0 Å². The van der Waals surface area contributed by atoms with Crippen molar-refractivity contribution in [1.82, 2.24) is 15.3 Å². The van der Waals surface area contributed by atoms with Crippen LogP contribution in [0.4, 0.5) is 0 Å². The molecule has 2 N–H and O–H groups in total. The number of nitrogens with zero attached hydrogens (tertiary/aromatic N) is 1. The maximum atomic E-state index is 12.0. The van der Waals surface area contributed by atoms with Gasteiger partial charge in [0.1, 0.15) is 11.6 Å². The third-order valence-corrected chi connectivity index (χ3v) is 3.11. The average Bonchev–Trinajstić information content (AvgIpc) is 2.88. The van der Waals surface area contributed by atoms with Crippen molar-refractivity contribution < 1.29 is 9.53 Å². The molecule has 2 rings (SSSR count). The quantitative estimate of drug-likeness (QED) is 0.858. The maximum absolute atomic E-state index is 12.0. The molecule has 0 aliphatic heterocycles. The van der Waals surface area contributed by atoms with Gasteiger partial charge in [0.25, 0.3) is 0 Å². The van der Waals surface area contributed by atoms with Crippen LogP contribution in [0, 0.1) is 6.92 Å². The van der Waals surface area contributed by atoms with E-state index in [1.54, 1.807) is 6.20 Å². The number of imidazole rings is 1. The number of nitrogens with one attached hydrogen (secondary N) is 2. The summed E-state index contributed by atoms with van der Waals surface area (Å²) in [5, 5.41) is 2.93. The second kappa shape index (κ2) is 6.92. The molecule has 2 aromatic rings. The van der Waals surface area contributed by atoms with Crippen LogP contribution < -0.4 is 10.1 Å². The molecule has 1 atom stereocenters. The monoisotopic (exact) mass is 287 g/mol.